The van der Waals surface area contributed by atoms with Gasteiger partial charge in [0.25, 0.3) is 0 Å². The van der Waals surface area contributed by atoms with Gasteiger partial charge in [-0.2, -0.15) is 0 Å². The molecule has 7 heteroatoms. The normalized spacial score (nSPS) is 15.8. The number of esters is 1. The topological polar surface area (TPSA) is 73.3 Å². The van der Waals surface area contributed by atoms with Gasteiger partial charge in [-0.05, 0) is 19.1 Å². The number of rotatable bonds is 8. The Bertz CT molecular complexity index is 545. The lowest BCUT2D eigenvalue weighted by Gasteiger charge is -2.35. The summed E-state index contributed by atoms with van der Waals surface area (Å²) < 4.78 is 5.00. The molecule has 0 aromatic heterocycles. The molecule has 1 aliphatic rings. The molecule has 138 valence electrons. The first kappa shape index (κ1) is 19.4. The summed E-state index contributed by atoms with van der Waals surface area (Å²) >= 11 is 0. The van der Waals surface area contributed by atoms with Crippen LogP contribution >= 0.6 is 0 Å². The van der Waals surface area contributed by atoms with E-state index in [-0.39, 0.29) is 25.6 Å². The molecule has 0 unspecified atom stereocenters. The van der Waals surface area contributed by atoms with Crippen molar-refractivity contribution < 1.29 is 19.4 Å². The first-order valence-corrected chi connectivity index (χ1v) is 8.70. The molecule has 1 heterocycles. The lowest BCUT2D eigenvalue weighted by atomic mass is 10.2. The van der Waals surface area contributed by atoms with Crippen molar-refractivity contribution in [1.29, 1.82) is 0 Å². The second kappa shape index (κ2) is 10.1. The smallest absolute Gasteiger partial charge is 0.326 e. The fourth-order valence-electron chi connectivity index (χ4n) is 2.86. The molecule has 1 aromatic carbocycles. The molecule has 2 rings (SSSR count). The summed E-state index contributed by atoms with van der Waals surface area (Å²) in [4.78, 5) is 30.4. The van der Waals surface area contributed by atoms with E-state index in [0.717, 1.165) is 26.2 Å². The standard InChI is InChI=1S/C18H27N3O4/c1-2-25-18(24)15-21(16-6-4-3-5-7-16)17(23)14-20-10-8-19(9-11-20)12-13-22/h3-7,22H,2,8-15H2,1H3. The number of anilines is 1. The van der Waals surface area contributed by atoms with Gasteiger partial charge in [0.1, 0.15) is 6.54 Å². The fraction of sp³-hybridized carbons (Fsp3) is 0.556. The molecular formula is C18H27N3O4. The molecule has 1 saturated heterocycles. The van der Waals surface area contributed by atoms with Crippen LogP contribution in [0.15, 0.2) is 30.3 Å². The highest BCUT2D eigenvalue weighted by molar-refractivity contribution is 5.98. The third kappa shape index (κ3) is 6.12. The Morgan fingerprint density at radius 1 is 1.12 bits per heavy atom. The number of amides is 1. The highest BCUT2D eigenvalue weighted by Crippen LogP contribution is 2.14. The van der Waals surface area contributed by atoms with Crippen LogP contribution < -0.4 is 4.90 Å². The van der Waals surface area contributed by atoms with Gasteiger partial charge in [-0.25, -0.2) is 0 Å². The van der Waals surface area contributed by atoms with Crippen molar-refractivity contribution in [2.75, 3.05) is 63.9 Å². The first-order valence-electron chi connectivity index (χ1n) is 8.70. The van der Waals surface area contributed by atoms with Crippen LogP contribution in [-0.4, -0.2) is 85.8 Å². The van der Waals surface area contributed by atoms with Crippen LogP contribution in [-0.2, 0) is 14.3 Å². The number of para-hydroxylation sites is 1. The number of aliphatic hydroxyl groups is 1. The molecule has 1 amide bonds. The Morgan fingerprint density at radius 2 is 1.76 bits per heavy atom. The van der Waals surface area contributed by atoms with Crippen LogP contribution in [0.25, 0.3) is 0 Å². The Labute approximate surface area is 148 Å². The van der Waals surface area contributed by atoms with Gasteiger partial charge < -0.3 is 14.7 Å². The average molecular weight is 349 g/mol. The zero-order valence-corrected chi connectivity index (χ0v) is 14.8. The quantitative estimate of drug-likeness (QED) is 0.676. The van der Waals surface area contributed by atoms with Crippen LogP contribution in [0, 0.1) is 0 Å². The van der Waals surface area contributed by atoms with Crippen LogP contribution in [0.1, 0.15) is 6.92 Å². The van der Waals surface area contributed by atoms with Gasteiger partial charge in [-0.3, -0.25) is 19.4 Å². The third-order valence-corrected chi connectivity index (χ3v) is 4.20. The summed E-state index contributed by atoms with van der Waals surface area (Å²) in [6.07, 6.45) is 0. The van der Waals surface area contributed by atoms with Crippen molar-refractivity contribution >= 4 is 17.6 Å². The monoisotopic (exact) mass is 349 g/mol. The maximum atomic E-state index is 12.8. The van der Waals surface area contributed by atoms with E-state index >= 15 is 0 Å². The lowest BCUT2D eigenvalue weighted by molar-refractivity contribution is -0.142. The summed E-state index contributed by atoms with van der Waals surface area (Å²) in [7, 11) is 0. The van der Waals surface area contributed by atoms with Gasteiger partial charge >= 0.3 is 5.97 Å². The van der Waals surface area contributed by atoms with E-state index in [1.54, 1.807) is 6.92 Å². The fourth-order valence-corrected chi connectivity index (χ4v) is 2.86. The third-order valence-electron chi connectivity index (χ3n) is 4.20. The molecule has 1 aliphatic heterocycles. The number of β-amino-alcohol motifs (C(OH)–C–C–N with tert-alkyl or cyclic N) is 1. The zero-order valence-electron chi connectivity index (χ0n) is 14.8. The van der Waals surface area contributed by atoms with Crippen molar-refractivity contribution in [2.45, 2.75) is 6.92 Å². The van der Waals surface area contributed by atoms with Gasteiger partial charge in [0.15, 0.2) is 0 Å². The van der Waals surface area contributed by atoms with E-state index in [4.69, 9.17) is 9.84 Å². The van der Waals surface area contributed by atoms with Crippen molar-refractivity contribution in [3.63, 3.8) is 0 Å². The van der Waals surface area contributed by atoms with E-state index in [2.05, 4.69) is 9.80 Å². The van der Waals surface area contributed by atoms with Crippen LogP contribution in [0.2, 0.25) is 0 Å². The molecular weight excluding hydrogens is 322 g/mol. The number of nitrogens with zero attached hydrogens (tertiary/aromatic N) is 3. The van der Waals surface area contributed by atoms with Crippen LogP contribution in [0.3, 0.4) is 0 Å². The van der Waals surface area contributed by atoms with Crippen LogP contribution in [0.5, 0.6) is 0 Å². The minimum atomic E-state index is -0.410. The second-order valence-electron chi connectivity index (χ2n) is 5.96. The van der Waals surface area contributed by atoms with Crippen molar-refractivity contribution in [3.05, 3.63) is 30.3 Å². The lowest BCUT2D eigenvalue weighted by Crippen LogP contribution is -2.51. The Hall–Kier alpha value is -1.96. The predicted molar refractivity (Wildman–Crippen MR) is 95.4 cm³/mol. The molecule has 7 nitrogen and oxygen atoms in total. The first-order chi connectivity index (χ1) is 12.1. The Kier molecular flexibility index (Phi) is 7.84. The summed E-state index contributed by atoms with van der Waals surface area (Å²) in [5, 5.41) is 9.00. The minimum absolute atomic E-state index is 0.0822. The molecule has 0 radical (unpaired) electrons. The molecule has 0 aliphatic carbocycles. The highest BCUT2D eigenvalue weighted by atomic mass is 16.5. The largest absolute Gasteiger partial charge is 0.465 e. The van der Waals surface area contributed by atoms with E-state index in [1.165, 1.54) is 4.90 Å². The number of carbonyl (C=O) groups is 2. The molecule has 1 fully saturated rings. The maximum Gasteiger partial charge on any atom is 0.326 e. The summed E-state index contributed by atoms with van der Waals surface area (Å²) in [6.45, 7) is 6.25. The highest BCUT2D eigenvalue weighted by Gasteiger charge is 2.24. The number of hydrogen-bond acceptors (Lipinski definition) is 6. The molecule has 1 N–H and O–H groups in total. The van der Waals surface area contributed by atoms with Gasteiger partial charge in [0, 0.05) is 38.4 Å². The molecule has 25 heavy (non-hydrogen) atoms. The number of carbonyl (C=O) groups excluding carboxylic acids is 2. The van der Waals surface area contributed by atoms with Crippen LogP contribution in [0.4, 0.5) is 5.69 Å². The number of ether oxygens (including phenoxy) is 1. The van der Waals surface area contributed by atoms with Gasteiger partial charge in [0.05, 0.1) is 19.8 Å². The van der Waals surface area contributed by atoms with Crippen molar-refractivity contribution in [2.24, 2.45) is 0 Å². The predicted octanol–water partition coefficient (Wildman–Crippen LogP) is 0.193. The van der Waals surface area contributed by atoms with Gasteiger partial charge in [-0.1, -0.05) is 18.2 Å². The number of benzene rings is 1. The average Bonchev–Trinajstić information content (AvgIpc) is 2.62. The number of hydrogen-bond donors (Lipinski definition) is 1. The summed E-state index contributed by atoms with van der Waals surface area (Å²) in [5.74, 6) is -0.526. The Morgan fingerprint density at radius 3 is 2.36 bits per heavy atom. The van der Waals surface area contributed by atoms with Crippen molar-refractivity contribution in [1.82, 2.24) is 9.80 Å². The molecule has 0 spiro atoms. The van der Waals surface area contributed by atoms with Gasteiger partial charge in [0.2, 0.25) is 5.91 Å². The van der Waals surface area contributed by atoms with E-state index in [9.17, 15) is 9.59 Å². The summed E-state index contributed by atoms with van der Waals surface area (Å²) in [6, 6.07) is 9.19. The molecule has 0 saturated carbocycles. The number of aliphatic hydroxyl groups excluding tert-OH is 1. The Balaban J connectivity index is 1.97. The summed E-state index contributed by atoms with van der Waals surface area (Å²) in [5.41, 5.74) is 0.694. The molecule has 0 atom stereocenters. The maximum absolute atomic E-state index is 12.8. The van der Waals surface area contributed by atoms with Crippen molar-refractivity contribution in [3.8, 4) is 0 Å². The van der Waals surface area contributed by atoms with E-state index in [0.29, 0.717) is 18.8 Å². The SMILES string of the molecule is CCOC(=O)CN(C(=O)CN1CCN(CCO)CC1)c1ccccc1. The second-order valence-corrected chi connectivity index (χ2v) is 5.96. The van der Waals surface area contributed by atoms with E-state index < -0.39 is 5.97 Å². The molecule has 1 aromatic rings. The number of piperazine rings is 1. The van der Waals surface area contributed by atoms with E-state index in [1.807, 2.05) is 30.3 Å². The minimum Gasteiger partial charge on any atom is -0.465 e. The zero-order chi connectivity index (χ0) is 18.1. The van der Waals surface area contributed by atoms with Gasteiger partial charge in [-0.15, -0.1) is 0 Å². The molecule has 0 bridgehead atoms.